The molecule has 0 aliphatic rings. The van der Waals surface area contributed by atoms with E-state index in [1.54, 1.807) is 12.1 Å². The van der Waals surface area contributed by atoms with Crippen LogP contribution in [0.1, 0.15) is 22.3 Å². The van der Waals surface area contributed by atoms with Crippen molar-refractivity contribution in [1.82, 2.24) is 0 Å². The predicted molar refractivity (Wildman–Crippen MR) is 80.8 cm³/mol. The van der Waals surface area contributed by atoms with Crippen LogP contribution < -0.4 is 0 Å². The lowest BCUT2D eigenvalue weighted by Gasteiger charge is -2.06. The first-order chi connectivity index (χ1) is 9.52. The van der Waals surface area contributed by atoms with E-state index in [-0.39, 0.29) is 10.6 Å². The first-order valence-corrected chi connectivity index (χ1v) is 6.61. The third kappa shape index (κ3) is 3.01. The fourth-order valence-electron chi connectivity index (χ4n) is 1.70. The maximum atomic E-state index is 13.6. The summed E-state index contributed by atoms with van der Waals surface area (Å²) in [6, 6.07) is 13.4. The molecule has 2 rings (SSSR count). The van der Waals surface area contributed by atoms with E-state index in [9.17, 15) is 4.39 Å². The molecular weight excluding hydrogens is 296 g/mol. The van der Waals surface area contributed by atoms with Gasteiger partial charge in [0, 0.05) is 0 Å². The van der Waals surface area contributed by atoms with Gasteiger partial charge in [-0.25, -0.2) is 4.39 Å². The van der Waals surface area contributed by atoms with Gasteiger partial charge in [-0.15, -0.1) is 0 Å². The van der Waals surface area contributed by atoms with E-state index in [1.165, 1.54) is 12.1 Å². The van der Waals surface area contributed by atoms with Gasteiger partial charge >= 0.3 is 0 Å². The highest BCUT2D eigenvalue weighted by Crippen LogP contribution is 2.33. The molecule has 0 unspecified atom stereocenters. The maximum absolute atomic E-state index is 13.6. The molecule has 0 amide bonds. The van der Waals surface area contributed by atoms with Crippen LogP contribution in [-0.4, -0.2) is 0 Å². The zero-order valence-electron chi connectivity index (χ0n) is 10.6. The molecule has 0 bridgehead atoms. The van der Waals surface area contributed by atoms with Gasteiger partial charge in [-0.2, -0.15) is 5.26 Å². The Morgan fingerprint density at radius 2 is 1.55 bits per heavy atom. The lowest BCUT2D eigenvalue weighted by atomic mass is 10.1. The highest BCUT2D eigenvalue weighted by Gasteiger charge is 2.10. The summed E-state index contributed by atoms with van der Waals surface area (Å²) in [7, 11) is 0. The molecule has 0 saturated carbocycles. The summed E-state index contributed by atoms with van der Waals surface area (Å²) in [5.74, 6) is -0.614. The second-order valence-electron chi connectivity index (χ2n) is 4.30. The van der Waals surface area contributed by atoms with E-state index in [2.05, 4.69) is 0 Å². The lowest BCUT2D eigenvalue weighted by molar-refractivity contribution is 0.623. The lowest BCUT2D eigenvalue weighted by Crippen LogP contribution is -1.88. The second-order valence-corrected chi connectivity index (χ2v) is 5.06. The third-order valence-electron chi connectivity index (χ3n) is 2.84. The quantitative estimate of drug-likeness (QED) is 0.690. The van der Waals surface area contributed by atoms with E-state index < -0.39 is 5.82 Å². The van der Waals surface area contributed by atoms with Crippen LogP contribution in [0.2, 0.25) is 0 Å². The Labute approximate surface area is 126 Å². The Hall–Kier alpha value is -1.82. The SMILES string of the molecule is Cc1ccc(C(Cl)=C(Cl)c2ccc(C#N)c(F)c2)cc1. The van der Waals surface area contributed by atoms with E-state index in [1.807, 2.05) is 31.2 Å². The highest BCUT2D eigenvalue weighted by atomic mass is 35.5. The number of halogens is 3. The molecule has 0 aromatic heterocycles. The molecule has 0 fully saturated rings. The molecule has 0 atom stereocenters. The summed E-state index contributed by atoms with van der Waals surface area (Å²) in [5.41, 5.74) is 2.28. The molecule has 0 aliphatic heterocycles. The Morgan fingerprint density at radius 1 is 1.00 bits per heavy atom. The van der Waals surface area contributed by atoms with Crippen LogP contribution in [0.5, 0.6) is 0 Å². The molecule has 0 aliphatic carbocycles. The summed E-state index contributed by atoms with van der Waals surface area (Å²) in [6.45, 7) is 1.97. The molecular formula is C16H10Cl2FN. The molecule has 4 heteroatoms. The number of rotatable bonds is 2. The van der Waals surface area contributed by atoms with Gasteiger partial charge in [-0.1, -0.05) is 59.1 Å². The second kappa shape index (κ2) is 6.09. The Kier molecular flexibility index (Phi) is 4.44. The predicted octanol–water partition coefficient (Wildman–Crippen LogP) is 5.31. The number of hydrogen-bond donors (Lipinski definition) is 0. The number of nitrogens with zero attached hydrogens (tertiary/aromatic N) is 1. The molecule has 0 heterocycles. The Balaban J connectivity index is 2.45. The molecule has 100 valence electrons. The van der Waals surface area contributed by atoms with E-state index in [4.69, 9.17) is 28.5 Å². The minimum absolute atomic E-state index is 0.0234. The molecule has 1 nitrogen and oxygen atoms in total. The van der Waals surface area contributed by atoms with Crippen molar-refractivity contribution >= 4 is 33.3 Å². The van der Waals surface area contributed by atoms with E-state index >= 15 is 0 Å². The van der Waals surface area contributed by atoms with Gasteiger partial charge in [-0.05, 0) is 30.2 Å². The van der Waals surface area contributed by atoms with Crippen LogP contribution in [-0.2, 0) is 0 Å². The zero-order chi connectivity index (χ0) is 14.7. The molecule has 20 heavy (non-hydrogen) atoms. The van der Waals surface area contributed by atoms with Gasteiger partial charge in [0.2, 0.25) is 0 Å². The summed E-state index contributed by atoms with van der Waals surface area (Å²) in [5, 5.41) is 9.29. The first kappa shape index (κ1) is 14.6. The van der Waals surface area contributed by atoms with Crippen molar-refractivity contribution in [3.8, 4) is 6.07 Å². The van der Waals surface area contributed by atoms with Gasteiger partial charge < -0.3 is 0 Å². The van der Waals surface area contributed by atoms with Crippen LogP contribution in [0.4, 0.5) is 4.39 Å². The number of nitriles is 1. The van der Waals surface area contributed by atoms with Crippen LogP contribution in [0, 0.1) is 24.1 Å². The fraction of sp³-hybridized carbons (Fsp3) is 0.0625. The average Bonchev–Trinajstić information content (AvgIpc) is 2.46. The zero-order valence-corrected chi connectivity index (χ0v) is 12.1. The summed E-state index contributed by atoms with van der Waals surface area (Å²) < 4.78 is 13.6. The van der Waals surface area contributed by atoms with Crippen molar-refractivity contribution in [3.05, 3.63) is 70.5 Å². The number of aryl methyl sites for hydroxylation is 1. The average molecular weight is 306 g/mol. The van der Waals surface area contributed by atoms with Crippen LogP contribution in [0.15, 0.2) is 42.5 Å². The van der Waals surface area contributed by atoms with Crippen molar-refractivity contribution in [1.29, 1.82) is 5.26 Å². The van der Waals surface area contributed by atoms with Crippen molar-refractivity contribution in [2.75, 3.05) is 0 Å². The first-order valence-electron chi connectivity index (χ1n) is 5.85. The van der Waals surface area contributed by atoms with Gasteiger partial charge in [-0.3, -0.25) is 0 Å². The van der Waals surface area contributed by atoms with Crippen LogP contribution in [0.3, 0.4) is 0 Å². The molecule has 0 N–H and O–H groups in total. The van der Waals surface area contributed by atoms with Crippen molar-refractivity contribution in [3.63, 3.8) is 0 Å². The summed E-state index contributed by atoms with van der Waals surface area (Å²) >= 11 is 12.4. The molecule has 2 aromatic carbocycles. The number of hydrogen-bond acceptors (Lipinski definition) is 1. The van der Waals surface area contributed by atoms with Gasteiger partial charge in [0.25, 0.3) is 0 Å². The molecule has 0 radical (unpaired) electrons. The smallest absolute Gasteiger partial charge is 0.141 e. The fourth-order valence-corrected chi connectivity index (χ4v) is 2.16. The highest BCUT2D eigenvalue weighted by molar-refractivity contribution is 6.65. The van der Waals surface area contributed by atoms with Gasteiger partial charge in [0.15, 0.2) is 0 Å². The molecule has 0 spiro atoms. The van der Waals surface area contributed by atoms with E-state index in [0.29, 0.717) is 10.6 Å². The maximum Gasteiger partial charge on any atom is 0.141 e. The Morgan fingerprint density at radius 3 is 2.10 bits per heavy atom. The normalized spacial score (nSPS) is 11.8. The monoisotopic (exact) mass is 305 g/mol. The van der Waals surface area contributed by atoms with Crippen LogP contribution >= 0.6 is 23.2 Å². The summed E-state index contributed by atoms with van der Waals surface area (Å²) in [4.78, 5) is 0. The minimum Gasteiger partial charge on any atom is -0.206 e. The largest absolute Gasteiger partial charge is 0.206 e. The van der Waals surface area contributed by atoms with E-state index in [0.717, 1.165) is 11.1 Å². The third-order valence-corrected chi connectivity index (χ3v) is 3.75. The summed E-state index contributed by atoms with van der Waals surface area (Å²) in [6.07, 6.45) is 0. The topological polar surface area (TPSA) is 23.8 Å². The minimum atomic E-state index is -0.614. The van der Waals surface area contributed by atoms with Gasteiger partial charge in [0.05, 0.1) is 15.6 Å². The van der Waals surface area contributed by atoms with Crippen molar-refractivity contribution in [2.24, 2.45) is 0 Å². The van der Waals surface area contributed by atoms with Gasteiger partial charge in [0.1, 0.15) is 11.9 Å². The molecule has 0 saturated heterocycles. The number of benzene rings is 2. The van der Waals surface area contributed by atoms with Crippen molar-refractivity contribution < 1.29 is 4.39 Å². The van der Waals surface area contributed by atoms with Crippen molar-refractivity contribution in [2.45, 2.75) is 6.92 Å². The molecule has 2 aromatic rings. The van der Waals surface area contributed by atoms with Crippen LogP contribution in [0.25, 0.3) is 10.1 Å². The standard InChI is InChI=1S/C16H10Cl2FN/c1-10-2-4-11(5-3-10)15(17)16(18)12-6-7-13(9-20)14(19)8-12/h2-8H,1H3. The Bertz CT molecular complexity index is 712.